The van der Waals surface area contributed by atoms with Crippen molar-refractivity contribution in [1.82, 2.24) is 4.40 Å². The molecule has 1 aromatic carbocycles. The van der Waals surface area contributed by atoms with Crippen molar-refractivity contribution in [2.24, 2.45) is 0 Å². The molecule has 0 saturated heterocycles. The van der Waals surface area contributed by atoms with E-state index in [9.17, 15) is 14.3 Å². The molecule has 3 aromatic rings. The molecule has 124 valence electrons. The van der Waals surface area contributed by atoms with E-state index in [0.717, 1.165) is 40.9 Å². The van der Waals surface area contributed by atoms with E-state index in [1.807, 2.05) is 24.3 Å². The zero-order chi connectivity index (χ0) is 16.8. The van der Waals surface area contributed by atoms with Gasteiger partial charge in [-0.05, 0) is 47.7 Å². The average Bonchev–Trinajstić information content (AvgIpc) is 2.88. The number of imidazole rings is 1. The zero-order valence-corrected chi connectivity index (χ0v) is 14.6. The van der Waals surface area contributed by atoms with E-state index < -0.39 is 6.04 Å². The molecule has 6 heteroatoms. The summed E-state index contributed by atoms with van der Waals surface area (Å²) >= 11 is 3.49. The fourth-order valence-corrected chi connectivity index (χ4v) is 4.42. The first kappa shape index (κ1) is 15.6. The third-order valence-corrected chi connectivity index (χ3v) is 5.56. The van der Waals surface area contributed by atoms with Gasteiger partial charge in [-0.1, -0.05) is 24.6 Å². The third-order valence-electron chi connectivity index (χ3n) is 4.93. The van der Waals surface area contributed by atoms with Gasteiger partial charge in [0.2, 0.25) is 0 Å². The quantitative estimate of drug-likeness (QED) is 0.517. The number of nitrogens with zero attached hydrogens (tertiary/aromatic N) is 2. The number of carbonyl (C=O) groups is 1. The first-order valence-corrected chi connectivity index (χ1v) is 8.94. The Morgan fingerprint density at radius 1 is 1.21 bits per heavy atom. The molecule has 2 aromatic heterocycles. The predicted octanol–water partition coefficient (Wildman–Crippen LogP) is 4.46. The second-order valence-corrected chi connectivity index (χ2v) is 7.18. The molecule has 1 aliphatic rings. The minimum Gasteiger partial charge on any atom is -0.474 e. The van der Waals surface area contributed by atoms with Crippen molar-refractivity contribution >= 4 is 38.4 Å². The highest BCUT2D eigenvalue weighted by molar-refractivity contribution is 9.10. The Bertz CT molecular complexity index is 961. The summed E-state index contributed by atoms with van der Waals surface area (Å²) in [6.45, 7) is 0. The van der Waals surface area contributed by atoms with Crippen molar-refractivity contribution < 1.29 is 18.9 Å². The fourth-order valence-electron chi connectivity index (χ4n) is 3.87. The van der Waals surface area contributed by atoms with Crippen molar-refractivity contribution in [1.29, 1.82) is 0 Å². The first-order valence-electron chi connectivity index (χ1n) is 8.15. The normalized spacial score (nSPS) is 16.1. The molecule has 2 heterocycles. The molecule has 1 N–H and O–H groups in total. The molecule has 0 atom stereocenters. The minimum absolute atomic E-state index is 0.0754. The van der Waals surface area contributed by atoms with Crippen LogP contribution in [0.3, 0.4) is 0 Å². The maximum absolute atomic E-state index is 13.7. The SMILES string of the molecule is O=C(F)c1c(O)[n+](C2CCCCC2)c2c3ccccc3c(Br)cn12. The van der Waals surface area contributed by atoms with Crippen LogP contribution in [0.1, 0.15) is 48.6 Å². The molecule has 0 radical (unpaired) electrons. The van der Waals surface area contributed by atoms with Crippen LogP contribution in [-0.4, -0.2) is 15.5 Å². The summed E-state index contributed by atoms with van der Waals surface area (Å²) in [6, 6.07) is 6.18. The van der Waals surface area contributed by atoms with Gasteiger partial charge in [0.1, 0.15) is 12.2 Å². The van der Waals surface area contributed by atoms with E-state index in [4.69, 9.17) is 0 Å². The molecule has 0 unspecified atom stereocenters. The smallest absolute Gasteiger partial charge is 0.379 e. The van der Waals surface area contributed by atoms with Crippen LogP contribution >= 0.6 is 15.9 Å². The van der Waals surface area contributed by atoms with Gasteiger partial charge in [-0.25, -0.2) is 0 Å². The van der Waals surface area contributed by atoms with Gasteiger partial charge in [-0.3, -0.25) is 4.79 Å². The lowest BCUT2D eigenvalue weighted by molar-refractivity contribution is -0.705. The zero-order valence-electron chi connectivity index (χ0n) is 13.0. The number of aromatic nitrogens is 2. The van der Waals surface area contributed by atoms with E-state index in [0.29, 0.717) is 5.65 Å². The Hall–Kier alpha value is -1.95. The maximum atomic E-state index is 13.7. The summed E-state index contributed by atoms with van der Waals surface area (Å²) in [5, 5.41) is 12.5. The van der Waals surface area contributed by atoms with E-state index in [1.54, 1.807) is 10.8 Å². The number of fused-ring (bicyclic) bond motifs is 3. The summed E-state index contributed by atoms with van der Waals surface area (Å²) in [6.07, 6.45) is 6.81. The fraction of sp³-hybridized carbons (Fsp3) is 0.333. The van der Waals surface area contributed by atoms with Crippen LogP contribution < -0.4 is 4.57 Å². The van der Waals surface area contributed by atoms with E-state index in [-0.39, 0.29) is 17.6 Å². The summed E-state index contributed by atoms with van der Waals surface area (Å²) < 4.78 is 17.7. The topological polar surface area (TPSA) is 45.6 Å². The van der Waals surface area contributed by atoms with E-state index in [2.05, 4.69) is 15.9 Å². The van der Waals surface area contributed by atoms with Gasteiger partial charge in [0, 0.05) is 5.39 Å². The Labute approximate surface area is 146 Å². The number of pyridine rings is 1. The lowest BCUT2D eigenvalue weighted by Crippen LogP contribution is -2.40. The monoisotopic (exact) mass is 391 g/mol. The molecule has 1 aliphatic carbocycles. The van der Waals surface area contributed by atoms with Crippen molar-refractivity contribution in [3.05, 3.63) is 40.6 Å². The van der Waals surface area contributed by atoms with Gasteiger partial charge in [-0.15, -0.1) is 0 Å². The Morgan fingerprint density at radius 2 is 1.88 bits per heavy atom. The van der Waals surface area contributed by atoms with Crippen LogP contribution in [0.4, 0.5) is 4.39 Å². The second kappa shape index (κ2) is 5.84. The van der Waals surface area contributed by atoms with Crippen LogP contribution in [0.2, 0.25) is 0 Å². The largest absolute Gasteiger partial charge is 0.474 e. The number of benzene rings is 1. The summed E-state index contributed by atoms with van der Waals surface area (Å²) in [4.78, 5) is 11.5. The molecule has 4 nitrogen and oxygen atoms in total. The van der Waals surface area contributed by atoms with Gasteiger partial charge >= 0.3 is 11.9 Å². The Morgan fingerprint density at radius 3 is 2.54 bits per heavy atom. The molecule has 4 rings (SSSR count). The van der Waals surface area contributed by atoms with Crippen LogP contribution in [0.15, 0.2) is 34.9 Å². The van der Waals surface area contributed by atoms with Gasteiger partial charge in [-0.2, -0.15) is 13.4 Å². The maximum Gasteiger partial charge on any atom is 0.379 e. The number of rotatable bonds is 2. The minimum atomic E-state index is -1.63. The van der Waals surface area contributed by atoms with Gasteiger partial charge in [0.25, 0.3) is 11.3 Å². The lowest BCUT2D eigenvalue weighted by Gasteiger charge is -2.19. The number of hydrogen-bond donors (Lipinski definition) is 1. The molecular weight excluding hydrogens is 375 g/mol. The molecule has 0 bridgehead atoms. The Balaban J connectivity index is 2.15. The van der Waals surface area contributed by atoms with Crippen LogP contribution in [0.5, 0.6) is 5.88 Å². The number of carbonyl (C=O) groups excluding carboxylic acids is 1. The van der Waals surface area contributed by atoms with Crippen molar-refractivity contribution in [2.75, 3.05) is 0 Å². The van der Waals surface area contributed by atoms with Crippen LogP contribution in [-0.2, 0) is 0 Å². The summed E-state index contributed by atoms with van der Waals surface area (Å²) in [7, 11) is 0. The highest BCUT2D eigenvalue weighted by atomic mass is 79.9. The number of hydrogen-bond acceptors (Lipinski definition) is 2. The summed E-state index contributed by atoms with van der Waals surface area (Å²) in [5.41, 5.74) is 0.362. The molecular formula is C18H17BrFN2O2+. The molecule has 1 saturated carbocycles. The van der Waals surface area contributed by atoms with E-state index >= 15 is 0 Å². The van der Waals surface area contributed by atoms with E-state index in [1.165, 1.54) is 10.8 Å². The number of aromatic hydroxyl groups is 1. The first-order chi connectivity index (χ1) is 11.6. The number of halogens is 2. The predicted molar refractivity (Wildman–Crippen MR) is 92.0 cm³/mol. The highest BCUT2D eigenvalue weighted by Gasteiger charge is 2.36. The van der Waals surface area contributed by atoms with Gasteiger partial charge in [0.05, 0.1) is 9.86 Å². The summed E-state index contributed by atoms with van der Waals surface area (Å²) in [5.74, 6) is -0.280. The molecule has 0 amide bonds. The lowest BCUT2D eigenvalue weighted by atomic mass is 9.95. The molecule has 1 fully saturated rings. The highest BCUT2D eigenvalue weighted by Crippen LogP contribution is 2.34. The van der Waals surface area contributed by atoms with Crippen LogP contribution in [0, 0.1) is 0 Å². The Kier molecular flexibility index (Phi) is 3.79. The standard InChI is InChI=1S/C18H16BrFN2O2/c19-14-10-21-15(16(20)23)18(24)22(11-6-2-1-3-7-11)17(21)13-9-5-4-8-12(13)14/h4-5,8-11H,1-3,6-7H2/p+1. The van der Waals surface area contributed by atoms with Crippen molar-refractivity contribution in [3.63, 3.8) is 0 Å². The van der Waals surface area contributed by atoms with Crippen molar-refractivity contribution in [3.8, 4) is 5.88 Å². The van der Waals surface area contributed by atoms with Gasteiger partial charge < -0.3 is 5.11 Å². The third kappa shape index (κ3) is 2.24. The second-order valence-electron chi connectivity index (χ2n) is 6.32. The van der Waals surface area contributed by atoms with Crippen molar-refractivity contribution in [2.45, 2.75) is 38.1 Å². The average molecular weight is 392 g/mol. The van der Waals surface area contributed by atoms with Crippen LogP contribution in [0.25, 0.3) is 16.4 Å². The molecule has 0 spiro atoms. The molecule has 24 heavy (non-hydrogen) atoms. The molecule has 0 aliphatic heterocycles. The van der Waals surface area contributed by atoms with Gasteiger partial charge in [0.15, 0.2) is 0 Å².